The fourth-order valence-corrected chi connectivity index (χ4v) is 3.91. The van der Waals surface area contributed by atoms with Gasteiger partial charge in [0.1, 0.15) is 17.3 Å². The van der Waals surface area contributed by atoms with E-state index in [9.17, 15) is 9.18 Å². The van der Waals surface area contributed by atoms with Crippen molar-refractivity contribution >= 4 is 45.4 Å². The minimum atomic E-state index is -0.460. The second-order valence-electron chi connectivity index (χ2n) is 5.33. The number of amides is 1. The molecule has 2 aromatic rings. The number of para-hydroxylation sites is 1. The number of carbonyl (C=O) groups excluding carboxylic acids is 1. The smallest absolute Gasteiger partial charge is 0.260 e. The summed E-state index contributed by atoms with van der Waals surface area (Å²) in [5.41, 5.74) is 0.596. The van der Waals surface area contributed by atoms with Gasteiger partial charge in [-0.1, -0.05) is 23.9 Å². The Morgan fingerprint density at radius 2 is 1.96 bits per heavy atom. The quantitative estimate of drug-likeness (QED) is 0.684. The van der Waals surface area contributed by atoms with Gasteiger partial charge in [-0.15, -0.1) is 0 Å². The lowest BCUT2D eigenvalue weighted by Gasteiger charge is -2.13. The van der Waals surface area contributed by atoms with E-state index in [0.29, 0.717) is 22.1 Å². The highest BCUT2D eigenvalue weighted by Crippen LogP contribution is 2.37. The Hall–Kier alpha value is -2.19. The molecule has 1 amide bonds. The highest BCUT2D eigenvalue weighted by molar-refractivity contribution is 9.10. The fourth-order valence-electron chi connectivity index (χ4n) is 2.42. The summed E-state index contributed by atoms with van der Waals surface area (Å²) in [5.74, 6) is 0.599. The minimum absolute atomic E-state index is 0.238. The number of methoxy groups -OCH3 is 2. The zero-order valence-corrected chi connectivity index (χ0v) is 16.4. The van der Waals surface area contributed by atoms with Gasteiger partial charge in [-0.05, 0) is 40.2 Å². The average Bonchev–Trinajstić information content (AvgIpc) is 2.96. The summed E-state index contributed by atoms with van der Waals surface area (Å²) < 4.78 is 25.1. The largest absolute Gasteiger partial charge is 0.496 e. The van der Waals surface area contributed by atoms with Crippen molar-refractivity contribution in [2.45, 2.75) is 5.50 Å². The van der Waals surface area contributed by atoms with Crippen LogP contribution in [0, 0.1) is 5.82 Å². The van der Waals surface area contributed by atoms with Crippen LogP contribution < -0.4 is 20.1 Å². The zero-order valence-electron chi connectivity index (χ0n) is 14.0. The van der Waals surface area contributed by atoms with Crippen LogP contribution in [0.4, 0.5) is 10.1 Å². The molecule has 0 aliphatic carbocycles. The van der Waals surface area contributed by atoms with Gasteiger partial charge in [-0.2, -0.15) is 0 Å². The highest BCUT2D eigenvalue weighted by atomic mass is 79.9. The van der Waals surface area contributed by atoms with Crippen molar-refractivity contribution in [1.29, 1.82) is 0 Å². The van der Waals surface area contributed by atoms with Crippen molar-refractivity contribution in [3.8, 4) is 11.5 Å². The molecule has 1 saturated heterocycles. The van der Waals surface area contributed by atoms with Gasteiger partial charge in [0.2, 0.25) is 0 Å². The van der Waals surface area contributed by atoms with Crippen LogP contribution >= 0.6 is 27.7 Å². The molecule has 0 spiro atoms. The molecule has 136 valence electrons. The lowest BCUT2D eigenvalue weighted by molar-refractivity contribution is -0.116. The van der Waals surface area contributed by atoms with Gasteiger partial charge < -0.3 is 20.1 Å². The second kappa shape index (κ2) is 8.01. The van der Waals surface area contributed by atoms with E-state index in [-0.39, 0.29) is 11.7 Å². The number of rotatable bonds is 5. The van der Waals surface area contributed by atoms with Crippen LogP contribution in [-0.4, -0.2) is 25.6 Å². The molecule has 0 saturated carbocycles. The average molecular weight is 439 g/mol. The molecule has 0 aromatic heterocycles. The lowest BCUT2D eigenvalue weighted by atomic mass is 10.1. The van der Waals surface area contributed by atoms with Crippen LogP contribution in [0.1, 0.15) is 5.56 Å². The molecule has 0 bridgehead atoms. The third-order valence-electron chi connectivity index (χ3n) is 3.68. The summed E-state index contributed by atoms with van der Waals surface area (Å²) in [6.07, 6.45) is 1.73. The number of thioether (sulfide) groups is 1. The van der Waals surface area contributed by atoms with Crippen molar-refractivity contribution < 1.29 is 18.7 Å². The van der Waals surface area contributed by atoms with Gasteiger partial charge in [-0.25, -0.2) is 4.39 Å². The summed E-state index contributed by atoms with van der Waals surface area (Å²) in [5, 5.41) is 5.74. The molecule has 2 aromatic carbocycles. The Kier molecular flexibility index (Phi) is 5.73. The molecule has 26 heavy (non-hydrogen) atoms. The molecule has 5 nitrogen and oxygen atoms in total. The first kappa shape index (κ1) is 18.6. The predicted molar refractivity (Wildman–Crippen MR) is 105 cm³/mol. The van der Waals surface area contributed by atoms with Crippen molar-refractivity contribution in [3.63, 3.8) is 0 Å². The fraction of sp³-hybridized carbons (Fsp3) is 0.167. The van der Waals surface area contributed by atoms with Gasteiger partial charge in [0, 0.05) is 11.6 Å². The van der Waals surface area contributed by atoms with E-state index in [1.165, 1.54) is 17.8 Å². The zero-order chi connectivity index (χ0) is 18.7. The number of ether oxygens (including phenoxy) is 2. The van der Waals surface area contributed by atoms with E-state index in [2.05, 4.69) is 26.6 Å². The van der Waals surface area contributed by atoms with Crippen LogP contribution in [0.25, 0.3) is 6.08 Å². The number of hydrogen-bond acceptors (Lipinski definition) is 5. The topological polar surface area (TPSA) is 59.6 Å². The SMILES string of the molecule is COc1cc(OC)c(/C=C2\SC(Nc3ccccc3F)NC2=O)cc1Br. The van der Waals surface area contributed by atoms with Crippen molar-refractivity contribution in [1.82, 2.24) is 5.32 Å². The monoisotopic (exact) mass is 438 g/mol. The van der Waals surface area contributed by atoms with E-state index >= 15 is 0 Å². The highest BCUT2D eigenvalue weighted by Gasteiger charge is 2.28. The van der Waals surface area contributed by atoms with E-state index in [1.807, 2.05) is 6.07 Å². The molecule has 0 radical (unpaired) electrons. The van der Waals surface area contributed by atoms with Crippen molar-refractivity contribution in [2.24, 2.45) is 0 Å². The molecular weight excluding hydrogens is 423 g/mol. The molecule has 1 unspecified atom stereocenters. The van der Waals surface area contributed by atoms with E-state index < -0.39 is 5.50 Å². The summed E-state index contributed by atoms with van der Waals surface area (Å²) in [4.78, 5) is 12.8. The van der Waals surface area contributed by atoms with Crippen molar-refractivity contribution in [3.05, 3.63) is 57.2 Å². The summed E-state index contributed by atoms with van der Waals surface area (Å²) >= 11 is 4.70. The Balaban J connectivity index is 1.83. The minimum Gasteiger partial charge on any atom is -0.496 e. The Morgan fingerprint density at radius 1 is 1.23 bits per heavy atom. The first-order valence-corrected chi connectivity index (χ1v) is 9.31. The third-order valence-corrected chi connectivity index (χ3v) is 5.33. The molecular formula is C18H16BrFN2O3S. The first-order valence-electron chi connectivity index (χ1n) is 7.63. The maximum absolute atomic E-state index is 13.8. The first-order chi connectivity index (χ1) is 12.5. The van der Waals surface area contributed by atoms with Gasteiger partial charge >= 0.3 is 0 Å². The number of carbonyl (C=O) groups is 1. The van der Waals surface area contributed by atoms with E-state index in [0.717, 1.165) is 10.0 Å². The molecule has 1 fully saturated rings. The van der Waals surface area contributed by atoms with Crippen LogP contribution in [0.3, 0.4) is 0 Å². The Morgan fingerprint density at radius 3 is 2.65 bits per heavy atom. The second-order valence-corrected chi connectivity index (χ2v) is 7.33. The molecule has 1 heterocycles. The molecule has 3 rings (SSSR count). The van der Waals surface area contributed by atoms with Gasteiger partial charge in [0.15, 0.2) is 5.50 Å². The molecule has 1 atom stereocenters. The van der Waals surface area contributed by atoms with Gasteiger partial charge in [0.05, 0.1) is 29.3 Å². The van der Waals surface area contributed by atoms with Crippen LogP contribution in [0.15, 0.2) is 45.8 Å². The Labute approximate surface area is 163 Å². The van der Waals surface area contributed by atoms with Crippen LogP contribution in [0.2, 0.25) is 0 Å². The standard InChI is InChI=1S/C18H16BrFN2O3S/c1-24-14-9-15(25-2)11(19)7-10(14)8-16-17(23)22-18(26-16)21-13-6-4-3-5-12(13)20/h3-9,18,21H,1-2H3,(H,22,23)/b16-8-. The number of halogens is 2. The van der Waals surface area contributed by atoms with E-state index in [4.69, 9.17) is 9.47 Å². The molecule has 2 N–H and O–H groups in total. The Bertz CT molecular complexity index is 876. The number of nitrogens with one attached hydrogen (secondary N) is 2. The van der Waals surface area contributed by atoms with E-state index in [1.54, 1.807) is 44.6 Å². The molecule has 1 aliphatic heterocycles. The van der Waals surface area contributed by atoms with Gasteiger partial charge in [0.25, 0.3) is 5.91 Å². The molecule has 8 heteroatoms. The molecule has 1 aliphatic rings. The lowest BCUT2D eigenvalue weighted by Crippen LogP contribution is -2.31. The summed E-state index contributed by atoms with van der Waals surface area (Å²) in [6.45, 7) is 0. The van der Waals surface area contributed by atoms with Gasteiger partial charge in [-0.3, -0.25) is 4.79 Å². The predicted octanol–water partition coefficient (Wildman–Crippen LogP) is 4.21. The summed E-state index contributed by atoms with van der Waals surface area (Å²) in [7, 11) is 3.12. The number of anilines is 1. The summed E-state index contributed by atoms with van der Waals surface area (Å²) in [6, 6.07) is 9.87. The normalized spacial score (nSPS) is 17.9. The van der Waals surface area contributed by atoms with Crippen LogP contribution in [-0.2, 0) is 4.79 Å². The number of benzene rings is 2. The van der Waals surface area contributed by atoms with Crippen LogP contribution in [0.5, 0.6) is 11.5 Å². The number of hydrogen-bond donors (Lipinski definition) is 2. The maximum Gasteiger partial charge on any atom is 0.260 e. The van der Waals surface area contributed by atoms with Crippen molar-refractivity contribution in [2.75, 3.05) is 19.5 Å². The maximum atomic E-state index is 13.8. The third kappa shape index (κ3) is 3.96.